The lowest BCUT2D eigenvalue weighted by Gasteiger charge is -2.26. The highest BCUT2D eigenvalue weighted by Crippen LogP contribution is 2.26. The van der Waals surface area contributed by atoms with Crippen LogP contribution in [0.4, 0.5) is 8.78 Å². The van der Waals surface area contributed by atoms with E-state index in [9.17, 15) is 18.4 Å². The van der Waals surface area contributed by atoms with Gasteiger partial charge in [0.2, 0.25) is 0 Å². The standard InChI is InChI=1S/C22H17ClF2N4O5/c23-14-5-11(1-2-15(14)24)7-27-22(31)20-28-17-4-3-16(25)19(18(17)21(30)29-20)34-10-13-9-32-12(6-26)8-33-13/h1-5,12-13H,7-10H2,(H,27,31)(H,28,29,30). The number of aromatic amines is 1. The fraction of sp³-hybridized carbons (Fsp3) is 0.273. The van der Waals surface area contributed by atoms with Gasteiger partial charge in [-0.25, -0.2) is 13.8 Å². The van der Waals surface area contributed by atoms with Crippen LogP contribution in [0.15, 0.2) is 35.1 Å². The van der Waals surface area contributed by atoms with Gasteiger partial charge in [-0.1, -0.05) is 17.7 Å². The van der Waals surface area contributed by atoms with Crippen LogP contribution in [-0.4, -0.2) is 47.9 Å². The summed E-state index contributed by atoms with van der Waals surface area (Å²) in [6, 6.07) is 8.22. The summed E-state index contributed by atoms with van der Waals surface area (Å²) in [5.74, 6) is -2.72. The monoisotopic (exact) mass is 490 g/mol. The third-order valence-electron chi connectivity index (χ3n) is 4.96. The Hall–Kier alpha value is -3.59. The summed E-state index contributed by atoms with van der Waals surface area (Å²) in [7, 11) is 0. The van der Waals surface area contributed by atoms with Crippen molar-refractivity contribution in [1.29, 1.82) is 5.26 Å². The molecule has 9 nitrogen and oxygen atoms in total. The summed E-state index contributed by atoms with van der Waals surface area (Å²) in [6.07, 6.45) is -1.24. The van der Waals surface area contributed by atoms with Crippen LogP contribution in [0.1, 0.15) is 16.2 Å². The lowest BCUT2D eigenvalue weighted by atomic mass is 10.2. The topological polar surface area (TPSA) is 126 Å². The first-order chi connectivity index (χ1) is 16.4. The van der Waals surface area contributed by atoms with Crippen molar-refractivity contribution < 1.29 is 27.8 Å². The van der Waals surface area contributed by atoms with Crippen molar-refractivity contribution in [3.63, 3.8) is 0 Å². The minimum atomic E-state index is -0.795. The minimum absolute atomic E-state index is 0.00841. The Morgan fingerprint density at radius 3 is 2.76 bits per heavy atom. The molecule has 3 aromatic rings. The van der Waals surface area contributed by atoms with Gasteiger partial charge in [0.15, 0.2) is 23.5 Å². The lowest BCUT2D eigenvalue weighted by Crippen LogP contribution is -2.38. The summed E-state index contributed by atoms with van der Waals surface area (Å²) in [4.78, 5) is 31.6. The Balaban J connectivity index is 1.50. The van der Waals surface area contributed by atoms with Crippen LogP contribution in [0.5, 0.6) is 5.75 Å². The zero-order valence-corrected chi connectivity index (χ0v) is 18.2. The highest BCUT2D eigenvalue weighted by Gasteiger charge is 2.24. The number of benzene rings is 2. The van der Waals surface area contributed by atoms with Crippen LogP contribution in [0.3, 0.4) is 0 Å². The van der Waals surface area contributed by atoms with E-state index < -0.39 is 35.3 Å². The van der Waals surface area contributed by atoms with Crippen molar-refractivity contribution in [2.45, 2.75) is 18.8 Å². The number of H-pyrrole nitrogens is 1. The van der Waals surface area contributed by atoms with Gasteiger partial charge in [0.05, 0.1) is 29.8 Å². The van der Waals surface area contributed by atoms with Gasteiger partial charge in [-0.2, -0.15) is 5.26 Å². The molecule has 2 atom stereocenters. The van der Waals surface area contributed by atoms with E-state index in [0.29, 0.717) is 5.56 Å². The molecule has 34 heavy (non-hydrogen) atoms. The number of carbonyl (C=O) groups is 1. The molecule has 1 aliphatic heterocycles. The molecule has 4 rings (SSSR count). The number of carbonyl (C=O) groups excluding carboxylic acids is 1. The number of hydrogen-bond acceptors (Lipinski definition) is 7. The third-order valence-corrected chi connectivity index (χ3v) is 5.24. The molecule has 2 unspecified atom stereocenters. The van der Waals surface area contributed by atoms with Crippen LogP contribution in [0.25, 0.3) is 10.9 Å². The number of ether oxygens (including phenoxy) is 3. The summed E-state index contributed by atoms with van der Waals surface area (Å²) in [5.41, 5.74) is -0.198. The number of rotatable bonds is 6. The number of amides is 1. The molecule has 0 radical (unpaired) electrons. The van der Waals surface area contributed by atoms with Crippen molar-refractivity contribution in [2.75, 3.05) is 19.8 Å². The Labute approximate surface area is 196 Å². The first kappa shape index (κ1) is 23.6. The van der Waals surface area contributed by atoms with E-state index in [2.05, 4.69) is 15.3 Å². The molecule has 2 aromatic carbocycles. The second-order valence-corrected chi connectivity index (χ2v) is 7.74. The van der Waals surface area contributed by atoms with E-state index >= 15 is 0 Å². The van der Waals surface area contributed by atoms with E-state index in [0.717, 1.165) is 6.07 Å². The predicted octanol–water partition coefficient (Wildman–Crippen LogP) is 2.47. The summed E-state index contributed by atoms with van der Waals surface area (Å²) in [6.45, 7) is 0.000651. The summed E-state index contributed by atoms with van der Waals surface area (Å²) < 4.78 is 43.9. The van der Waals surface area contributed by atoms with Gasteiger partial charge in [-0.05, 0) is 29.8 Å². The predicted molar refractivity (Wildman–Crippen MR) is 115 cm³/mol. The molecule has 176 valence electrons. The highest BCUT2D eigenvalue weighted by molar-refractivity contribution is 6.30. The van der Waals surface area contributed by atoms with E-state index in [4.69, 9.17) is 31.1 Å². The number of hydrogen-bond donors (Lipinski definition) is 2. The van der Waals surface area contributed by atoms with Gasteiger partial charge in [-0.3, -0.25) is 9.59 Å². The van der Waals surface area contributed by atoms with E-state index in [1.807, 2.05) is 6.07 Å². The van der Waals surface area contributed by atoms with Crippen molar-refractivity contribution >= 4 is 28.4 Å². The van der Waals surface area contributed by atoms with Gasteiger partial charge >= 0.3 is 0 Å². The van der Waals surface area contributed by atoms with Gasteiger partial charge in [0, 0.05) is 6.54 Å². The fourth-order valence-corrected chi connectivity index (χ4v) is 3.44. The van der Waals surface area contributed by atoms with E-state index in [1.54, 1.807) is 0 Å². The number of aromatic nitrogens is 2. The maximum absolute atomic E-state index is 14.5. The second-order valence-electron chi connectivity index (χ2n) is 7.33. The van der Waals surface area contributed by atoms with Gasteiger partial charge in [0.25, 0.3) is 11.5 Å². The lowest BCUT2D eigenvalue weighted by molar-refractivity contribution is -0.124. The summed E-state index contributed by atoms with van der Waals surface area (Å²) in [5, 5.41) is 11.1. The SMILES string of the molecule is N#CC1COC(COc2c(F)ccc3nc(C(=O)NCc4ccc(F)c(Cl)c4)[nH]c(=O)c23)CO1. The average molecular weight is 491 g/mol. The Morgan fingerprint density at radius 2 is 2.06 bits per heavy atom. The normalized spacial score (nSPS) is 17.8. The molecule has 1 aliphatic rings. The van der Waals surface area contributed by atoms with Gasteiger partial charge in [-0.15, -0.1) is 0 Å². The molecular weight excluding hydrogens is 474 g/mol. The molecule has 12 heteroatoms. The van der Waals surface area contributed by atoms with Crippen molar-refractivity contribution in [3.8, 4) is 11.8 Å². The molecular formula is C22H17ClF2N4O5. The molecule has 1 aromatic heterocycles. The van der Waals surface area contributed by atoms with Crippen LogP contribution in [-0.2, 0) is 16.0 Å². The molecule has 2 N–H and O–H groups in total. The van der Waals surface area contributed by atoms with Gasteiger partial charge in [0.1, 0.15) is 23.9 Å². The maximum atomic E-state index is 14.5. The molecule has 0 bridgehead atoms. The second kappa shape index (κ2) is 10.1. The molecule has 0 spiro atoms. The smallest absolute Gasteiger partial charge is 0.287 e. The van der Waals surface area contributed by atoms with Crippen molar-refractivity contribution in [1.82, 2.24) is 15.3 Å². The molecule has 1 amide bonds. The van der Waals surface area contributed by atoms with Crippen LogP contribution in [0.2, 0.25) is 5.02 Å². The first-order valence-electron chi connectivity index (χ1n) is 10.1. The maximum Gasteiger partial charge on any atom is 0.287 e. The zero-order valence-electron chi connectivity index (χ0n) is 17.4. The van der Waals surface area contributed by atoms with Crippen molar-refractivity contribution in [3.05, 3.63) is 68.7 Å². The molecule has 0 saturated carbocycles. The zero-order chi connectivity index (χ0) is 24.2. The van der Waals surface area contributed by atoms with Crippen LogP contribution in [0, 0.1) is 23.0 Å². The number of nitriles is 1. The van der Waals surface area contributed by atoms with Crippen LogP contribution < -0.4 is 15.6 Å². The number of fused-ring (bicyclic) bond motifs is 1. The Morgan fingerprint density at radius 1 is 1.26 bits per heavy atom. The van der Waals surface area contributed by atoms with Gasteiger partial charge < -0.3 is 24.5 Å². The quantitative estimate of drug-likeness (QED) is 0.543. The number of nitrogens with zero attached hydrogens (tertiary/aromatic N) is 2. The van der Waals surface area contributed by atoms with E-state index in [-0.39, 0.29) is 53.9 Å². The number of nitrogens with one attached hydrogen (secondary N) is 2. The third kappa shape index (κ3) is 5.14. The molecule has 0 aliphatic carbocycles. The van der Waals surface area contributed by atoms with E-state index in [1.165, 1.54) is 24.3 Å². The Bertz CT molecular complexity index is 1340. The first-order valence-corrected chi connectivity index (χ1v) is 10.4. The average Bonchev–Trinajstić information content (AvgIpc) is 2.84. The highest BCUT2D eigenvalue weighted by atomic mass is 35.5. The minimum Gasteiger partial charge on any atom is -0.487 e. The Kier molecular flexibility index (Phi) is 7.02. The molecule has 1 fully saturated rings. The summed E-state index contributed by atoms with van der Waals surface area (Å²) >= 11 is 5.73. The largest absolute Gasteiger partial charge is 0.487 e. The number of halogens is 3. The molecule has 2 heterocycles. The van der Waals surface area contributed by atoms with Crippen molar-refractivity contribution in [2.24, 2.45) is 0 Å². The molecule has 1 saturated heterocycles. The van der Waals surface area contributed by atoms with Crippen LogP contribution >= 0.6 is 11.6 Å². The fourth-order valence-electron chi connectivity index (χ4n) is 3.23.